The Bertz CT molecular complexity index is 787. The van der Waals surface area contributed by atoms with Crippen molar-refractivity contribution in [2.75, 3.05) is 23.3 Å². The van der Waals surface area contributed by atoms with Crippen LogP contribution in [0.3, 0.4) is 0 Å². The van der Waals surface area contributed by atoms with Gasteiger partial charge in [0, 0.05) is 25.2 Å². The topological polar surface area (TPSA) is 119 Å². The highest BCUT2D eigenvalue weighted by Crippen LogP contribution is 2.30. The Morgan fingerprint density at radius 1 is 1.32 bits per heavy atom. The molecule has 2 heterocycles. The van der Waals surface area contributed by atoms with E-state index in [0.717, 1.165) is 0 Å². The van der Waals surface area contributed by atoms with Crippen molar-refractivity contribution < 1.29 is 29.0 Å². The van der Waals surface area contributed by atoms with E-state index in [1.54, 1.807) is 17.0 Å². The number of benzene rings is 1. The van der Waals surface area contributed by atoms with E-state index in [4.69, 9.17) is 5.11 Å². The number of hydrogen-bond donors (Lipinski definition) is 4. The van der Waals surface area contributed by atoms with E-state index in [1.165, 1.54) is 6.07 Å². The molecule has 0 aromatic heterocycles. The van der Waals surface area contributed by atoms with Crippen LogP contribution in [-0.4, -0.2) is 52.7 Å². The molecule has 2 aliphatic rings. The van der Waals surface area contributed by atoms with E-state index in [0.29, 0.717) is 43.7 Å². The maximum Gasteiger partial charge on any atom is 0.306 e. The average molecular weight is 393 g/mol. The van der Waals surface area contributed by atoms with Crippen molar-refractivity contribution in [1.29, 1.82) is 0 Å². The molecule has 0 radical (unpaired) electrons. The maximum atomic E-state index is 14.7. The van der Waals surface area contributed by atoms with Crippen molar-refractivity contribution in [3.05, 3.63) is 24.0 Å². The highest BCUT2D eigenvalue weighted by atomic mass is 19.1. The summed E-state index contributed by atoms with van der Waals surface area (Å²) in [5.74, 6) is -2.26. The number of rotatable bonds is 5. The Kier molecular flexibility index (Phi) is 5.83. The van der Waals surface area contributed by atoms with Gasteiger partial charge >= 0.3 is 5.97 Å². The molecule has 2 amide bonds. The minimum atomic E-state index is -1.27. The molecular formula is C19H24FN3O5. The Morgan fingerprint density at radius 3 is 2.79 bits per heavy atom. The van der Waals surface area contributed by atoms with Gasteiger partial charge in [-0.1, -0.05) is 0 Å². The first-order valence-corrected chi connectivity index (χ1v) is 9.35. The molecular weight excluding hydrogens is 369 g/mol. The van der Waals surface area contributed by atoms with Crippen molar-refractivity contribution in [3.8, 4) is 0 Å². The van der Waals surface area contributed by atoms with Crippen LogP contribution in [0.1, 0.15) is 38.5 Å². The van der Waals surface area contributed by atoms with Crippen LogP contribution in [-0.2, 0) is 14.4 Å². The van der Waals surface area contributed by atoms with E-state index in [1.807, 2.05) is 0 Å². The second-order valence-corrected chi connectivity index (χ2v) is 7.45. The van der Waals surface area contributed by atoms with Gasteiger partial charge in [-0.05, 0) is 43.9 Å². The van der Waals surface area contributed by atoms with Gasteiger partial charge in [0.25, 0.3) is 0 Å². The first-order valence-electron chi connectivity index (χ1n) is 9.35. The molecule has 2 unspecified atom stereocenters. The van der Waals surface area contributed by atoms with Gasteiger partial charge in [-0.15, -0.1) is 0 Å². The van der Waals surface area contributed by atoms with Gasteiger partial charge in [-0.25, -0.2) is 4.39 Å². The fourth-order valence-electron chi connectivity index (χ4n) is 3.76. The van der Waals surface area contributed by atoms with Gasteiger partial charge in [-0.2, -0.15) is 0 Å². The number of carbonyl (C=O) groups excluding carboxylic acids is 2. The molecule has 152 valence electrons. The van der Waals surface area contributed by atoms with Gasteiger partial charge in [0.1, 0.15) is 11.9 Å². The molecule has 2 atom stereocenters. The fourth-order valence-corrected chi connectivity index (χ4v) is 3.76. The summed E-state index contributed by atoms with van der Waals surface area (Å²) in [5, 5.41) is 24.6. The predicted molar refractivity (Wildman–Crippen MR) is 99.5 cm³/mol. The largest absolute Gasteiger partial charge is 0.481 e. The number of aliphatic hydroxyl groups is 1. The molecule has 8 nitrogen and oxygen atoms in total. The first kappa shape index (κ1) is 20.1. The number of aliphatic carboxylic acids is 1. The van der Waals surface area contributed by atoms with E-state index in [9.17, 15) is 23.9 Å². The third-order valence-corrected chi connectivity index (χ3v) is 5.27. The Hall–Kier alpha value is -2.68. The molecule has 9 heteroatoms. The Labute approximate surface area is 161 Å². The molecule has 28 heavy (non-hydrogen) atoms. The van der Waals surface area contributed by atoms with Crippen LogP contribution in [0.2, 0.25) is 0 Å². The number of nitrogens with one attached hydrogen (secondary N) is 2. The molecule has 1 aromatic carbocycles. The number of nitrogens with zero attached hydrogens (tertiary/aromatic N) is 1. The number of carboxylic acid groups (broad SMARTS) is 1. The molecule has 3 rings (SSSR count). The maximum absolute atomic E-state index is 14.7. The number of halogens is 1. The highest BCUT2D eigenvalue weighted by Gasteiger charge is 2.33. The summed E-state index contributed by atoms with van der Waals surface area (Å²) >= 11 is 0. The van der Waals surface area contributed by atoms with Crippen LogP contribution >= 0.6 is 0 Å². The van der Waals surface area contributed by atoms with Gasteiger partial charge in [0.05, 0.1) is 17.7 Å². The smallest absolute Gasteiger partial charge is 0.306 e. The van der Waals surface area contributed by atoms with Gasteiger partial charge < -0.3 is 20.4 Å². The van der Waals surface area contributed by atoms with Crippen molar-refractivity contribution >= 4 is 29.2 Å². The summed E-state index contributed by atoms with van der Waals surface area (Å²) < 4.78 is 14.7. The minimum absolute atomic E-state index is 0.233. The summed E-state index contributed by atoms with van der Waals surface area (Å²) in [6.07, 6.45) is 1.42. The average Bonchev–Trinajstić information content (AvgIpc) is 2.79. The summed E-state index contributed by atoms with van der Waals surface area (Å²) in [6, 6.07) is 3.97. The Balaban J connectivity index is 1.66. The minimum Gasteiger partial charge on any atom is -0.481 e. The molecule has 2 saturated heterocycles. The van der Waals surface area contributed by atoms with Crippen molar-refractivity contribution in [3.63, 3.8) is 0 Å². The second kappa shape index (κ2) is 8.14. The van der Waals surface area contributed by atoms with E-state index in [-0.39, 0.29) is 25.2 Å². The van der Waals surface area contributed by atoms with Gasteiger partial charge in [0.2, 0.25) is 11.8 Å². The molecule has 0 bridgehead atoms. The highest BCUT2D eigenvalue weighted by molar-refractivity contribution is 6.01. The van der Waals surface area contributed by atoms with Crippen LogP contribution in [0.15, 0.2) is 18.2 Å². The van der Waals surface area contributed by atoms with E-state index < -0.39 is 29.3 Å². The lowest BCUT2D eigenvalue weighted by Crippen LogP contribution is -2.47. The monoisotopic (exact) mass is 393 g/mol. The van der Waals surface area contributed by atoms with E-state index >= 15 is 0 Å². The fraction of sp³-hybridized carbons (Fsp3) is 0.526. The number of carbonyl (C=O) groups is 3. The molecule has 2 fully saturated rings. The number of imide groups is 1. The SMILES string of the molecule is O=C(O)CC1(O)CCCN(c2ccc(NC3CCC(=O)NC3=O)cc2F)CC1. The van der Waals surface area contributed by atoms with Crippen molar-refractivity contribution in [2.24, 2.45) is 0 Å². The molecule has 4 N–H and O–H groups in total. The lowest BCUT2D eigenvalue weighted by molar-refractivity contribution is -0.143. The van der Waals surface area contributed by atoms with Gasteiger partial charge in [0.15, 0.2) is 0 Å². The zero-order valence-electron chi connectivity index (χ0n) is 15.4. The molecule has 0 saturated carbocycles. The standard InChI is InChI=1S/C19H24FN3O5/c20-13-10-12(21-14-3-5-16(24)22-18(14)27)2-4-15(13)23-8-1-6-19(28,7-9-23)11-17(25)26/h2,4,10,14,21,28H,1,3,5-9,11H2,(H,25,26)(H,22,24,27). The quantitative estimate of drug-likeness (QED) is 0.556. The molecule has 0 aliphatic carbocycles. The zero-order valence-corrected chi connectivity index (χ0v) is 15.4. The third kappa shape index (κ3) is 4.78. The number of hydrogen-bond acceptors (Lipinski definition) is 6. The number of anilines is 2. The summed E-state index contributed by atoms with van der Waals surface area (Å²) in [7, 11) is 0. The molecule has 2 aliphatic heterocycles. The number of piperidine rings is 1. The van der Waals surface area contributed by atoms with Crippen molar-refractivity contribution in [1.82, 2.24) is 5.32 Å². The molecule has 0 spiro atoms. The summed E-state index contributed by atoms with van der Waals surface area (Å²) in [6.45, 7) is 0.861. The predicted octanol–water partition coefficient (Wildman–Crippen LogP) is 1.24. The number of carboxylic acids is 1. The summed E-state index contributed by atoms with van der Waals surface area (Å²) in [4.78, 5) is 35.8. The third-order valence-electron chi connectivity index (χ3n) is 5.27. The van der Waals surface area contributed by atoms with Crippen molar-refractivity contribution in [2.45, 2.75) is 50.2 Å². The zero-order chi connectivity index (χ0) is 20.3. The lowest BCUT2D eigenvalue weighted by atomic mass is 9.91. The van der Waals surface area contributed by atoms with E-state index in [2.05, 4.69) is 10.6 Å². The van der Waals surface area contributed by atoms with Crippen LogP contribution in [0, 0.1) is 5.82 Å². The van der Waals surface area contributed by atoms with Crippen LogP contribution in [0.4, 0.5) is 15.8 Å². The lowest BCUT2D eigenvalue weighted by Gasteiger charge is -2.27. The Morgan fingerprint density at radius 2 is 2.11 bits per heavy atom. The normalized spacial score (nSPS) is 25.8. The summed E-state index contributed by atoms with van der Waals surface area (Å²) in [5.41, 5.74) is -0.467. The van der Waals surface area contributed by atoms with Crippen LogP contribution in [0.5, 0.6) is 0 Å². The van der Waals surface area contributed by atoms with Crippen LogP contribution < -0.4 is 15.5 Å². The van der Waals surface area contributed by atoms with Gasteiger partial charge in [-0.3, -0.25) is 19.7 Å². The van der Waals surface area contributed by atoms with Crippen LogP contribution in [0.25, 0.3) is 0 Å². The molecule has 1 aromatic rings. The first-order chi connectivity index (χ1) is 13.3. The number of amides is 2. The second-order valence-electron chi connectivity index (χ2n) is 7.45.